The fourth-order valence-electron chi connectivity index (χ4n) is 8.61. The van der Waals surface area contributed by atoms with E-state index in [1.54, 1.807) is 0 Å². The molecule has 0 aliphatic heterocycles. The largest absolute Gasteiger partial charge is 0.310 e. The van der Waals surface area contributed by atoms with Gasteiger partial charge >= 0.3 is 0 Å². The lowest BCUT2D eigenvalue weighted by Gasteiger charge is -2.36. The van der Waals surface area contributed by atoms with Crippen molar-refractivity contribution in [2.75, 3.05) is 4.90 Å². The smallest absolute Gasteiger partial charge is 0.0746 e. The van der Waals surface area contributed by atoms with Gasteiger partial charge in [-0.2, -0.15) is 0 Å². The predicted molar refractivity (Wildman–Crippen MR) is 217 cm³/mol. The summed E-state index contributed by atoms with van der Waals surface area (Å²) in [6, 6.07) is 73.4. The molecule has 0 atom stereocenters. The molecule has 10 rings (SSSR count). The molecule has 1 spiro atoms. The molecule has 0 saturated heterocycles. The number of nitrogens with zero attached hydrogens (tertiary/aromatic N) is 1. The molecular weight excluding hydrogens is 615 g/mol. The highest BCUT2D eigenvalue weighted by Gasteiger charge is 2.53. The second-order valence-electron chi connectivity index (χ2n) is 13.2. The highest BCUT2D eigenvalue weighted by Crippen LogP contribution is 2.65. The lowest BCUT2D eigenvalue weighted by atomic mass is 9.70. The molecule has 0 N–H and O–H groups in total. The van der Waals surface area contributed by atoms with E-state index in [9.17, 15) is 0 Å². The van der Waals surface area contributed by atoms with Crippen molar-refractivity contribution in [1.29, 1.82) is 0 Å². The molecule has 51 heavy (non-hydrogen) atoms. The Morgan fingerprint density at radius 2 is 0.667 bits per heavy atom. The van der Waals surface area contributed by atoms with Crippen LogP contribution >= 0.6 is 0 Å². The van der Waals surface area contributed by atoms with E-state index in [1.165, 1.54) is 72.4 Å². The van der Waals surface area contributed by atoms with Crippen LogP contribution in [0.2, 0.25) is 0 Å². The maximum atomic E-state index is 2.47. The van der Waals surface area contributed by atoms with Gasteiger partial charge in [0.25, 0.3) is 0 Å². The highest BCUT2D eigenvalue weighted by atomic mass is 15.1. The summed E-state index contributed by atoms with van der Waals surface area (Å²) >= 11 is 0. The van der Waals surface area contributed by atoms with Crippen LogP contribution in [0, 0.1) is 0 Å². The number of hydrogen-bond donors (Lipinski definition) is 0. The Labute approximate surface area is 302 Å². The first-order chi connectivity index (χ1) is 24.8. The zero-order chi connectivity index (χ0) is 33.1. The number of anilines is 3. The van der Waals surface area contributed by atoms with Crippen molar-refractivity contribution in [1.82, 2.24) is 0 Å². The number of rotatable bonds is 5. The minimum Gasteiger partial charge on any atom is -0.310 e. The molecule has 8 aromatic carbocycles. The zero-order valence-electron chi connectivity index (χ0n) is 27.5. The molecule has 0 unspecified atom stereocenters. The van der Waals surface area contributed by atoms with Gasteiger partial charge < -0.3 is 4.90 Å². The van der Waals surface area contributed by atoms with Crippen LogP contribution < -0.4 is 4.90 Å². The Bertz CT molecular complexity index is 2370. The van der Waals surface area contributed by atoms with E-state index in [0.29, 0.717) is 0 Å². The molecule has 0 radical (unpaired) electrons. The third kappa shape index (κ3) is 4.55. The van der Waals surface area contributed by atoms with Crippen molar-refractivity contribution in [3.63, 3.8) is 0 Å². The number of hydrogen-bond acceptors (Lipinski definition) is 1. The summed E-state index contributed by atoms with van der Waals surface area (Å²) in [7, 11) is 0. The number of fused-ring (bicyclic) bond motifs is 10. The first-order valence-electron chi connectivity index (χ1n) is 17.4. The quantitative estimate of drug-likeness (QED) is 0.179. The molecule has 2 aliphatic carbocycles. The Balaban J connectivity index is 0.00000193. The Kier molecular flexibility index (Phi) is 7.30. The molecule has 244 valence electrons. The van der Waals surface area contributed by atoms with Crippen molar-refractivity contribution in [3.8, 4) is 44.5 Å². The SMILES string of the molecule is C.[HH].c1ccc(-c2ccc(N(c3ccc(-c4ccccc4)cc3)c3cccc4c3C3(c5ccccc5-c5ccccc53)c3ccccc3-4)cc2)cc1. The Morgan fingerprint density at radius 1 is 0.314 bits per heavy atom. The van der Waals surface area contributed by atoms with Crippen LogP contribution in [0.15, 0.2) is 200 Å². The lowest BCUT2D eigenvalue weighted by Crippen LogP contribution is -2.28. The Hall–Kier alpha value is -6.44. The minimum absolute atomic E-state index is 0. The normalized spacial score (nSPS) is 12.7. The van der Waals surface area contributed by atoms with Gasteiger partial charge in [0.1, 0.15) is 0 Å². The van der Waals surface area contributed by atoms with Gasteiger partial charge in [-0.25, -0.2) is 0 Å². The second-order valence-corrected chi connectivity index (χ2v) is 13.2. The molecule has 1 nitrogen and oxygen atoms in total. The van der Waals surface area contributed by atoms with Crippen LogP contribution in [-0.4, -0.2) is 0 Å². The molecule has 0 heterocycles. The molecule has 2 aliphatic rings. The summed E-state index contributed by atoms with van der Waals surface area (Å²) in [6.45, 7) is 0. The van der Waals surface area contributed by atoms with E-state index >= 15 is 0 Å². The third-order valence-corrected chi connectivity index (χ3v) is 10.7. The molecule has 0 fully saturated rings. The Morgan fingerprint density at radius 3 is 1.12 bits per heavy atom. The van der Waals surface area contributed by atoms with E-state index in [2.05, 4.69) is 205 Å². The maximum absolute atomic E-state index is 2.47. The average molecular weight is 654 g/mol. The standard InChI is InChI=1S/C49H33N.CH4.H2/c1-3-14-34(15-4-1)36-26-30-38(31-27-36)50(39-32-28-37(29-33-39)35-16-5-2-6-17-35)47-25-13-21-43-42-20-9-12-24-46(42)49(48(43)47)44-22-10-7-18-40(44)41-19-8-11-23-45(41)49;;/h1-33H;1H4;1H. The van der Waals surface area contributed by atoms with Crippen LogP contribution in [0.4, 0.5) is 17.1 Å². The van der Waals surface area contributed by atoms with Gasteiger partial charge in [0.2, 0.25) is 0 Å². The lowest BCUT2D eigenvalue weighted by molar-refractivity contribution is 0.793. The molecule has 8 aromatic rings. The van der Waals surface area contributed by atoms with Crippen LogP contribution in [0.1, 0.15) is 31.1 Å². The van der Waals surface area contributed by atoms with Crippen LogP contribution in [0.25, 0.3) is 44.5 Å². The molecule has 0 aromatic heterocycles. The van der Waals surface area contributed by atoms with Gasteiger partial charge in [-0.3, -0.25) is 0 Å². The van der Waals surface area contributed by atoms with E-state index in [-0.39, 0.29) is 8.85 Å². The average Bonchev–Trinajstić information content (AvgIpc) is 3.67. The summed E-state index contributed by atoms with van der Waals surface area (Å²) in [5.74, 6) is 0. The molecule has 0 amide bonds. The molecule has 0 bridgehead atoms. The summed E-state index contributed by atoms with van der Waals surface area (Å²) in [5, 5.41) is 0. The van der Waals surface area contributed by atoms with Crippen LogP contribution in [-0.2, 0) is 5.41 Å². The highest BCUT2D eigenvalue weighted by molar-refractivity contribution is 5.99. The summed E-state index contributed by atoms with van der Waals surface area (Å²) < 4.78 is 0. The van der Waals surface area contributed by atoms with Crippen LogP contribution in [0.3, 0.4) is 0 Å². The van der Waals surface area contributed by atoms with Crippen molar-refractivity contribution in [2.24, 2.45) is 0 Å². The summed E-state index contributed by atoms with van der Waals surface area (Å²) in [4.78, 5) is 2.47. The maximum Gasteiger partial charge on any atom is 0.0746 e. The van der Waals surface area contributed by atoms with Gasteiger partial charge in [0.05, 0.1) is 11.1 Å². The molecular formula is C50H39N. The second kappa shape index (κ2) is 12.2. The van der Waals surface area contributed by atoms with Crippen molar-refractivity contribution < 1.29 is 1.43 Å². The first kappa shape index (κ1) is 30.6. The molecule has 0 saturated carbocycles. The van der Waals surface area contributed by atoms with Crippen molar-refractivity contribution in [2.45, 2.75) is 12.8 Å². The van der Waals surface area contributed by atoms with Crippen LogP contribution in [0.5, 0.6) is 0 Å². The fraction of sp³-hybridized carbons (Fsp3) is 0.0400. The van der Waals surface area contributed by atoms with Crippen molar-refractivity contribution >= 4 is 17.1 Å². The number of benzene rings is 8. The van der Waals surface area contributed by atoms with E-state index < -0.39 is 5.41 Å². The van der Waals surface area contributed by atoms with Gasteiger partial charge in [0, 0.05) is 18.4 Å². The van der Waals surface area contributed by atoms with E-state index in [1.807, 2.05) is 0 Å². The third-order valence-electron chi connectivity index (χ3n) is 10.7. The van der Waals surface area contributed by atoms with Gasteiger partial charge in [-0.05, 0) is 91.5 Å². The molecule has 1 heteroatoms. The first-order valence-corrected chi connectivity index (χ1v) is 17.4. The summed E-state index contributed by atoms with van der Waals surface area (Å²) in [6.07, 6.45) is 0. The van der Waals surface area contributed by atoms with Gasteiger partial charge in [0.15, 0.2) is 0 Å². The van der Waals surface area contributed by atoms with Crippen molar-refractivity contribution in [3.05, 3.63) is 222 Å². The topological polar surface area (TPSA) is 3.24 Å². The summed E-state index contributed by atoms with van der Waals surface area (Å²) in [5.41, 5.74) is 18.4. The monoisotopic (exact) mass is 653 g/mol. The van der Waals surface area contributed by atoms with E-state index in [4.69, 9.17) is 0 Å². The predicted octanol–water partition coefficient (Wildman–Crippen LogP) is 13.7. The minimum atomic E-state index is -0.456. The van der Waals surface area contributed by atoms with Gasteiger partial charge in [-0.15, -0.1) is 0 Å². The van der Waals surface area contributed by atoms with E-state index in [0.717, 1.165) is 11.4 Å². The zero-order valence-corrected chi connectivity index (χ0v) is 27.5. The van der Waals surface area contributed by atoms with Gasteiger partial charge in [-0.1, -0.05) is 177 Å². The fourth-order valence-corrected chi connectivity index (χ4v) is 8.61.